The van der Waals surface area contributed by atoms with E-state index < -0.39 is 24.4 Å². The number of hydrogen-bond donors (Lipinski definition) is 3. The molecule has 1 fully saturated rings. The van der Waals surface area contributed by atoms with Crippen LogP contribution >= 0.6 is 0 Å². The summed E-state index contributed by atoms with van der Waals surface area (Å²) in [4.78, 5) is 0. The van der Waals surface area contributed by atoms with E-state index in [4.69, 9.17) is 9.47 Å². The molecule has 5 heteroatoms. The second kappa shape index (κ2) is 17.4. The topological polar surface area (TPSA) is 79.2 Å². The Bertz CT molecular complexity index is 372. The van der Waals surface area contributed by atoms with Gasteiger partial charge in [0.25, 0.3) is 0 Å². The molecular formula is C23H44O5. The van der Waals surface area contributed by atoms with Crippen molar-refractivity contribution in [2.45, 2.75) is 115 Å². The lowest BCUT2D eigenvalue weighted by Gasteiger charge is -2.37. The van der Waals surface area contributed by atoms with Crippen molar-refractivity contribution in [1.82, 2.24) is 0 Å². The average Bonchev–Trinajstić information content (AvgIpc) is 2.70. The fourth-order valence-corrected chi connectivity index (χ4v) is 3.61. The van der Waals surface area contributed by atoms with Crippen molar-refractivity contribution in [3.05, 3.63) is 12.2 Å². The predicted octanol–water partition coefficient (Wildman–Crippen LogP) is 4.13. The van der Waals surface area contributed by atoms with Gasteiger partial charge in [-0.1, -0.05) is 70.4 Å². The minimum Gasteiger partial charge on any atom is -0.394 e. The van der Waals surface area contributed by atoms with Crippen LogP contribution in [0.4, 0.5) is 0 Å². The smallest absolute Gasteiger partial charge is 0.114 e. The van der Waals surface area contributed by atoms with Gasteiger partial charge in [0.1, 0.15) is 24.4 Å². The maximum atomic E-state index is 9.99. The lowest BCUT2D eigenvalue weighted by Crippen LogP contribution is -2.55. The SMILES string of the molecule is CCCCC/C=C/CCCCCCCCCCO[C@H]1[C@H](O)[C@@H](O)CO[C@@H]1CO. The van der Waals surface area contributed by atoms with Gasteiger partial charge in [-0.15, -0.1) is 0 Å². The van der Waals surface area contributed by atoms with E-state index in [2.05, 4.69) is 19.1 Å². The zero-order chi connectivity index (χ0) is 20.5. The first kappa shape index (κ1) is 25.6. The average molecular weight is 401 g/mol. The van der Waals surface area contributed by atoms with Gasteiger partial charge in [0.05, 0.1) is 13.2 Å². The largest absolute Gasteiger partial charge is 0.394 e. The van der Waals surface area contributed by atoms with Crippen molar-refractivity contribution in [2.75, 3.05) is 19.8 Å². The molecule has 0 saturated carbocycles. The third kappa shape index (κ3) is 11.5. The molecule has 0 amide bonds. The molecule has 0 spiro atoms. The molecule has 1 rings (SSSR count). The van der Waals surface area contributed by atoms with Crippen LogP contribution in [0.5, 0.6) is 0 Å². The standard InChI is InChI=1S/C23H44O5/c1-2-3-4-5-6-7-8-9-10-11-12-13-14-15-16-17-27-23-21(18-24)28-19-20(25)22(23)26/h6-7,20-26H,2-5,8-19H2,1H3/b7-6+/t20-,21+,22+,23+/m0/s1. The van der Waals surface area contributed by atoms with Gasteiger partial charge in [-0.3, -0.25) is 0 Å². The lowest BCUT2D eigenvalue weighted by atomic mass is 10.0. The van der Waals surface area contributed by atoms with Crippen LogP contribution in [0, 0.1) is 0 Å². The molecular weight excluding hydrogens is 356 g/mol. The second-order valence-electron chi connectivity index (χ2n) is 8.03. The fraction of sp³-hybridized carbons (Fsp3) is 0.913. The van der Waals surface area contributed by atoms with Gasteiger partial charge < -0.3 is 24.8 Å². The number of aliphatic hydroxyl groups is 3. The van der Waals surface area contributed by atoms with Crippen LogP contribution in [0.2, 0.25) is 0 Å². The number of rotatable bonds is 17. The summed E-state index contributed by atoms with van der Waals surface area (Å²) >= 11 is 0. The third-order valence-electron chi connectivity index (χ3n) is 5.47. The molecule has 5 nitrogen and oxygen atoms in total. The monoisotopic (exact) mass is 400 g/mol. The van der Waals surface area contributed by atoms with E-state index in [1.54, 1.807) is 0 Å². The first-order valence-corrected chi connectivity index (χ1v) is 11.6. The van der Waals surface area contributed by atoms with Crippen LogP contribution in [0.25, 0.3) is 0 Å². The van der Waals surface area contributed by atoms with Crippen LogP contribution in [0.1, 0.15) is 90.4 Å². The molecule has 1 heterocycles. The molecule has 3 N–H and O–H groups in total. The molecule has 0 aliphatic carbocycles. The van der Waals surface area contributed by atoms with Gasteiger partial charge in [-0.25, -0.2) is 0 Å². The van der Waals surface area contributed by atoms with Crippen molar-refractivity contribution in [2.24, 2.45) is 0 Å². The molecule has 166 valence electrons. The molecule has 0 unspecified atom stereocenters. The van der Waals surface area contributed by atoms with E-state index in [1.807, 2.05) is 0 Å². The highest BCUT2D eigenvalue weighted by molar-refractivity contribution is 4.87. The van der Waals surface area contributed by atoms with Gasteiger partial charge in [0.2, 0.25) is 0 Å². The molecule has 4 atom stereocenters. The van der Waals surface area contributed by atoms with Crippen molar-refractivity contribution in [1.29, 1.82) is 0 Å². The summed E-state index contributed by atoms with van der Waals surface area (Å²) in [5, 5.41) is 28.9. The molecule has 0 aromatic carbocycles. The van der Waals surface area contributed by atoms with E-state index in [0.717, 1.165) is 12.8 Å². The summed E-state index contributed by atoms with van der Waals surface area (Å²) in [7, 11) is 0. The van der Waals surface area contributed by atoms with Gasteiger partial charge in [0.15, 0.2) is 0 Å². The Balaban J connectivity index is 1.89. The van der Waals surface area contributed by atoms with E-state index >= 15 is 0 Å². The minimum atomic E-state index is -0.989. The summed E-state index contributed by atoms with van der Waals surface area (Å²) in [6, 6.07) is 0. The molecule has 1 saturated heterocycles. The van der Waals surface area contributed by atoms with E-state index in [0.29, 0.717) is 6.61 Å². The Kier molecular flexibility index (Phi) is 15.9. The van der Waals surface area contributed by atoms with Crippen molar-refractivity contribution < 1.29 is 24.8 Å². The van der Waals surface area contributed by atoms with Crippen LogP contribution in [0.3, 0.4) is 0 Å². The summed E-state index contributed by atoms with van der Waals surface area (Å²) in [6.45, 7) is 2.61. The summed E-state index contributed by atoms with van der Waals surface area (Å²) in [5.74, 6) is 0. The molecule has 0 aromatic heterocycles. The highest BCUT2D eigenvalue weighted by Gasteiger charge is 2.39. The van der Waals surface area contributed by atoms with Crippen LogP contribution in [-0.2, 0) is 9.47 Å². The molecule has 0 bridgehead atoms. The Hall–Kier alpha value is -0.460. The van der Waals surface area contributed by atoms with E-state index in [9.17, 15) is 15.3 Å². The number of aliphatic hydroxyl groups excluding tert-OH is 3. The van der Waals surface area contributed by atoms with Crippen LogP contribution in [-0.4, -0.2) is 59.6 Å². The Morgan fingerprint density at radius 3 is 2.04 bits per heavy atom. The minimum absolute atomic E-state index is 0.0432. The highest BCUT2D eigenvalue weighted by atomic mass is 16.6. The van der Waals surface area contributed by atoms with Crippen molar-refractivity contribution >= 4 is 0 Å². The maximum absolute atomic E-state index is 9.99. The molecule has 1 aliphatic rings. The molecule has 1 aliphatic heterocycles. The summed E-state index contributed by atoms with van der Waals surface area (Å²) in [5.41, 5.74) is 0. The second-order valence-corrected chi connectivity index (χ2v) is 8.03. The van der Waals surface area contributed by atoms with Gasteiger partial charge in [-0.05, 0) is 32.1 Å². The first-order valence-electron chi connectivity index (χ1n) is 11.6. The maximum Gasteiger partial charge on any atom is 0.114 e. The normalized spacial score (nSPS) is 25.6. The Morgan fingerprint density at radius 2 is 1.43 bits per heavy atom. The summed E-state index contributed by atoms with van der Waals surface area (Å²) < 4.78 is 11.0. The fourth-order valence-electron chi connectivity index (χ4n) is 3.61. The highest BCUT2D eigenvalue weighted by Crippen LogP contribution is 2.19. The summed E-state index contributed by atoms with van der Waals surface area (Å²) in [6.07, 6.45) is 17.8. The van der Waals surface area contributed by atoms with Crippen molar-refractivity contribution in [3.63, 3.8) is 0 Å². The Labute approximate surface area is 172 Å². The van der Waals surface area contributed by atoms with Crippen molar-refractivity contribution in [3.8, 4) is 0 Å². The van der Waals surface area contributed by atoms with Gasteiger partial charge in [-0.2, -0.15) is 0 Å². The zero-order valence-electron chi connectivity index (χ0n) is 17.9. The van der Waals surface area contributed by atoms with Crippen LogP contribution < -0.4 is 0 Å². The molecule has 0 radical (unpaired) electrons. The molecule has 28 heavy (non-hydrogen) atoms. The quantitative estimate of drug-likeness (QED) is 0.253. The first-order chi connectivity index (χ1) is 13.7. The number of allylic oxidation sites excluding steroid dienone is 2. The van der Waals surface area contributed by atoms with E-state index in [-0.39, 0.29) is 13.2 Å². The van der Waals surface area contributed by atoms with Gasteiger partial charge >= 0.3 is 0 Å². The lowest BCUT2D eigenvalue weighted by molar-refractivity contribution is -0.211. The van der Waals surface area contributed by atoms with Crippen LogP contribution in [0.15, 0.2) is 12.2 Å². The zero-order valence-corrected chi connectivity index (χ0v) is 17.9. The Morgan fingerprint density at radius 1 is 0.857 bits per heavy atom. The van der Waals surface area contributed by atoms with E-state index in [1.165, 1.54) is 70.6 Å². The number of ether oxygens (including phenoxy) is 2. The number of unbranched alkanes of at least 4 members (excludes halogenated alkanes) is 11. The third-order valence-corrected chi connectivity index (χ3v) is 5.47. The van der Waals surface area contributed by atoms with Gasteiger partial charge in [0, 0.05) is 6.61 Å². The predicted molar refractivity (Wildman–Crippen MR) is 113 cm³/mol. The molecule has 0 aromatic rings. The number of hydrogen-bond acceptors (Lipinski definition) is 5.